The maximum absolute atomic E-state index is 4.40. The smallest absolute Gasteiger partial charge is 0.196 e. The minimum atomic E-state index is -0.250. The van der Waals surface area contributed by atoms with Crippen LogP contribution < -0.4 is 0 Å². The molecule has 1 radical (unpaired) electrons. The maximum atomic E-state index is 4.40. The third-order valence-corrected chi connectivity index (χ3v) is 0.417. The van der Waals surface area contributed by atoms with Crippen molar-refractivity contribution in [2.45, 2.75) is 19.6 Å². The normalized spacial score (nSPS) is 25.0. The summed E-state index contributed by atoms with van der Waals surface area (Å²) in [4.78, 5) is 8.79. The Morgan fingerprint density at radius 1 is 1.17 bits per heavy atom. The van der Waals surface area contributed by atoms with E-state index in [2.05, 4.69) is 9.78 Å². The van der Waals surface area contributed by atoms with Crippen LogP contribution in [0.4, 0.5) is 0 Å². The topological polar surface area (TPSA) is 25.1 Å². The van der Waals surface area contributed by atoms with Crippen molar-refractivity contribution in [2.24, 2.45) is 0 Å². The van der Waals surface area contributed by atoms with E-state index in [1.807, 2.05) is 13.8 Å². The third-order valence-electron chi connectivity index (χ3n) is 0.417. The summed E-state index contributed by atoms with van der Waals surface area (Å²) in [5, 5.41) is 0. The molecule has 1 rings (SSSR count). The van der Waals surface area contributed by atoms with Gasteiger partial charge >= 0.3 is 0 Å². The van der Waals surface area contributed by atoms with Crippen LogP contribution in [0.5, 0.6) is 0 Å². The van der Waals surface area contributed by atoms with Crippen molar-refractivity contribution in [1.82, 2.24) is 0 Å². The molecular weight excluding hydrogens is 119 g/mol. The molecule has 0 aromatic heterocycles. The van der Waals surface area contributed by atoms with E-state index in [0.29, 0.717) is 0 Å². The Kier molecular flexibility index (Phi) is 1.67. The summed E-state index contributed by atoms with van der Waals surface area (Å²) in [6.45, 7) is 3.71. The van der Waals surface area contributed by atoms with E-state index >= 15 is 0 Å². The van der Waals surface area contributed by atoms with Crippen molar-refractivity contribution in [3.8, 4) is 0 Å². The van der Waals surface area contributed by atoms with Crippen molar-refractivity contribution in [3.05, 3.63) is 0 Å². The van der Waals surface area contributed by atoms with E-state index in [-0.39, 0.29) is 24.3 Å². The second-order valence-electron chi connectivity index (χ2n) is 1.57. The zero-order valence-corrected chi connectivity index (χ0v) is 5.16. The van der Waals surface area contributed by atoms with Crippen LogP contribution in [-0.4, -0.2) is 5.79 Å². The zero-order chi connectivity index (χ0) is 3.91. The van der Waals surface area contributed by atoms with Crippen molar-refractivity contribution in [3.63, 3.8) is 0 Å². The second kappa shape index (κ2) is 1.54. The molecule has 3 heteroatoms. The van der Waals surface area contributed by atoms with Crippen molar-refractivity contribution >= 4 is 0 Å². The first-order valence-electron chi connectivity index (χ1n) is 1.57. The van der Waals surface area contributed by atoms with Crippen LogP contribution in [0.3, 0.4) is 0 Å². The van der Waals surface area contributed by atoms with Crippen molar-refractivity contribution < 1.29 is 28.3 Å². The molecule has 0 aliphatic carbocycles. The second-order valence-corrected chi connectivity index (χ2v) is 1.57. The van der Waals surface area contributed by atoms with E-state index in [9.17, 15) is 0 Å². The van der Waals surface area contributed by atoms with Gasteiger partial charge in [0.2, 0.25) is 5.79 Å². The first kappa shape index (κ1) is 6.50. The molecular formula is C3H6O2V. The van der Waals surface area contributed by atoms with Gasteiger partial charge < -0.3 is 0 Å². The Labute approximate surface area is 48.6 Å². The van der Waals surface area contributed by atoms with Gasteiger partial charge in [-0.15, -0.1) is 0 Å². The minimum Gasteiger partial charge on any atom is -0.196 e. The van der Waals surface area contributed by atoms with Gasteiger partial charge in [0, 0.05) is 18.6 Å². The molecule has 0 aromatic rings. The van der Waals surface area contributed by atoms with Crippen LogP contribution >= 0.6 is 0 Å². The predicted octanol–water partition coefficient (Wildman–Crippen LogP) is 0.682. The molecule has 35 valence electrons. The SMILES string of the molecule is CC1(C)OO1.[V]. The van der Waals surface area contributed by atoms with Gasteiger partial charge in [-0.2, -0.15) is 9.78 Å². The summed E-state index contributed by atoms with van der Waals surface area (Å²) in [6, 6.07) is 0. The molecule has 2 nitrogen and oxygen atoms in total. The zero-order valence-electron chi connectivity index (χ0n) is 3.76. The molecule has 1 aliphatic rings. The van der Waals surface area contributed by atoms with Crippen LogP contribution in [0, 0.1) is 0 Å². The molecule has 0 unspecified atom stereocenters. The van der Waals surface area contributed by atoms with Gasteiger partial charge in [0.05, 0.1) is 0 Å². The molecule has 1 heterocycles. The molecule has 1 saturated heterocycles. The Balaban J connectivity index is 0.000000250. The summed E-state index contributed by atoms with van der Waals surface area (Å²) in [5.74, 6) is -0.250. The van der Waals surface area contributed by atoms with Crippen LogP contribution in [0.1, 0.15) is 13.8 Å². The van der Waals surface area contributed by atoms with E-state index in [4.69, 9.17) is 0 Å². The molecule has 1 aliphatic heterocycles. The van der Waals surface area contributed by atoms with Gasteiger partial charge in [0.1, 0.15) is 0 Å². The van der Waals surface area contributed by atoms with E-state index in [1.54, 1.807) is 0 Å². The van der Waals surface area contributed by atoms with E-state index in [0.717, 1.165) is 0 Å². The van der Waals surface area contributed by atoms with E-state index in [1.165, 1.54) is 0 Å². The molecule has 1 fully saturated rings. The van der Waals surface area contributed by atoms with Crippen LogP contribution in [0.15, 0.2) is 0 Å². The van der Waals surface area contributed by atoms with Gasteiger partial charge in [-0.1, -0.05) is 0 Å². The van der Waals surface area contributed by atoms with E-state index < -0.39 is 0 Å². The van der Waals surface area contributed by atoms with Gasteiger partial charge in [-0.25, -0.2) is 0 Å². The fourth-order valence-corrected chi connectivity index (χ4v) is 0.0833. The Bertz CT molecular complexity index is 46.8. The molecule has 0 saturated carbocycles. The monoisotopic (exact) mass is 125 g/mol. The number of rotatable bonds is 0. The quantitative estimate of drug-likeness (QED) is 0.351. The van der Waals surface area contributed by atoms with Crippen LogP contribution in [0.2, 0.25) is 0 Å². The summed E-state index contributed by atoms with van der Waals surface area (Å²) in [5.41, 5.74) is 0. The summed E-state index contributed by atoms with van der Waals surface area (Å²) < 4.78 is 0. The average molecular weight is 125 g/mol. The van der Waals surface area contributed by atoms with Gasteiger partial charge in [-0.3, -0.25) is 0 Å². The van der Waals surface area contributed by atoms with Gasteiger partial charge in [0.15, 0.2) is 0 Å². The fraction of sp³-hybridized carbons (Fsp3) is 1.00. The average Bonchev–Trinajstić information content (AvgIpc) is 1.76. The van der Waals surface area contributed by atoms with Crippen molar-refractivity contribution in [2.75, 3.05) is 0 Å². The maximum Gasteiger partial charge on any atom is 0.228 e. The summed E-state index contributed by atoms with van der Waals surface area (Å²) >= 11 is 0. The van der Waals surface area contributed by atoms with Crippen LogP contribution in [-0.2, 0) is 28.3 Å². The van der Waals surface area contributed by atoms with Gasteiger partial charge in [0.25, 0.3) is 0 Å². The summed E-state index contributed by atoms with van der Waals surface area (Å²) in [6.07, 6.45) is 0. The molecule has 0 amide bonds. The minimum absolute atomic E-state index is 0. The summed E-state index contributed by atoms with van der Waals surface area (Å²) in [7, 11) is 0. The Morgan fingerprint density at radius 3 is 1.33 bits per heavy atom. The fourth-order valence-electron chi connectivity index (χ4n) is 0.0833. The number of hydrogen-bond donors (Lipinski definition) is 0. The van der Waals surface area contributed by atoms with Crippen LogP contribution in [0.25, 0.3) is 0 Å². The molecule has 0 bridgehead atoms. The molecule has 0 N–H and O–H groups in total. The van der Waals surface area contributed by atoms with Crippen molar-refractivity contribution in [1.29, 1.82) is 0 Å². The van der Waals surface area contributed by atoms with Gasteiger partial charge in [-0.05, 0) is 13.8 Å². The third kappa shape index (κ3) is 1.83. The Hall–Kier alpha value is 0.504. The molecule has 0 spiro atoms. The Morgan fingerprint density at radius 2 is 1.33 bits per heavy atom. The first-order valence-corrected chi connectivity index (χ1v) is 1.57. The number of hydrogen-bond acceptors (Lipinski definition) is 2. The predicted molar refractivity (Wildman–Crippen MR) is 16.2 cm³/mol. The molecule has 6 heavy (non-hydrogen) atoms. The molecule has 0 atom stereocenters. The standard InChI is InChI=1S/C3H6O2.V/c1-3(2)4-5-3;/h1-2H3;. The first-order chi connectivity index (χ1) is 2.21. The molecule has 0 aromatic carbocycles. The largest absolute Gasteiger partial charge is 0.228 e.